The van der Waals surface area contributed by atoms with Crippen LogP contribution >= 0.6 is 11.8 Å². The molecule has 2 atom stereocenters. The molecule has 0 bridgehead atoms. The van der Waals surface area contributed by atoms with Gasteiger partial charge in [0.25, 0.3) is 17.7 Å². The van der Waals surface area contributed by atoms with Crippen LogP contribution < -0.4 is 10.6 Å². The zero-order valence-electron chi connectivity index (χ0n) is 16.3. The van der Waals surface area contributed by atoms with E-state index in [1.807, 2.05) is 36.4 Å². The minimum Gasteiger partial charge on any atom is -0.380 e. The molecule has 1 aromatic rings. The Hall–Kier alpha value is -2.36. The van der Waals surface area contributed by atoms with Crippen molar-refractivity contribution in [1.29, 1.82) is 0 Å². The van der Waals surface area contributed by atoms with E-state index in [1.165, 1.54) is 23.7 Å². The highest BCUT2D eigenvalue weighted by Gasteiger charge is 2.32. The smallest absolute Gasteiger partial charge is 0.257 e. The molecule has 158 valence electrons. The summed E-state index contributed by atoms with van der Waals surface area (Å²) in [5, 5.41) is 25.2. The molecule has 0 fully saturated rings. The van der Waals surface area contributed by atoms with Crippen LogP contribution in [0.4, 0.5) is 0 Å². The summed E-state index contributed by atoms with van der Waals surface area (Å²) >= 11 is 1.51. The Balaban J connectivity index is 1.68. The molecule has 2 rings (SSSR count). The molecule has 8 nitrogen and oxygen atoms in total. The summed E-state index contributed by atoms with van der Waals surface area (Å²) in [5.41, 5.74) is 0.864. The predicted octanol–water partition coefficient (Wildman–Crippen LogP) is 0.0101. The minimum absolute atomic E-state index is 0.124. The third-order valence-corrected chi connectivity index (χ3v) is 5.43. The normalized spacial score (nSPS) is 15.2. The Labute approximate surface area is 174 Å². The van der Waals surface area contributed by atoms with E-state index >= 15 is 0 Å². The first kappa shape index (κ1) is 22.9. The van der Waals surface area contributed by atoms with Gasteiger partial charge in [0.2, 0.25) is 0 Å². The Bertz CT molecular complexity index is 741. The number of likely N-dealkylation sites (N-methyl/N-ethyl adjacent to an activating group) is 1. The number of nitrogens with one attached hydrogen (secondary N) is 2. The Morgan fingerprint density at radius 3 is 2.45 bits per heavy atom. The summed E-state index contributed by atoms with van der Waals surface area (Å²) in [7, 11) is 1.49. The first-order chi connectivity index (χ1) is 13.9. The topological polar surface area (TPSA) is 119 Å². The average molecular weight is 422 g/mol. The SMILES string of the molecule is CN(Cc1ccccc1)C(=O)[C@H](O)[C@@H](O)C(=O)NCCCNC(=O)C1=CCCS1. The maximum atomic E-state index is 12.3. The lowest BCUT2D eigenvalue weighted by molar-refractivity contribution is -0.152. The van der Waals surface area contributed by atoms with Gasteiger partial charge in [-0.25, -0.2) is 0 Å². The number of hydrogen-bond acceptors (Lipinski definition) is 6. The van der Waals surface area contributed by atoms with Gasteiger partial charge in [0.15, 0.2) is 12.2 Å². The summed E-state index contributed by atoms with van der Waals surface area (Å²) in [6.45, 7) is 0.816. The number of carbonyl (C=O) groups excluding carboxylic acids is 3. The van der Waals surface area contributed by atoms with E-state index < -0.39 is 24.0 Å². The molecule has 0 radical (unpaired) electrons. The Kier molecular flexibility index (Phi) is 9.17. The van der Waals surface area contributed by atoms with Gasteiger partial charge in [0.1, 0.15) is 0 Å². The monoisotopic (exact) mass is 421 g/mol. The van der Waals surface area contributed by atoms with E-state index in [9.17, 15) is 24.6 Å². The summed E-state index contributed by atoms with van der Waals surface area (Å²) in [5.74, 6) is -0.787. The van der Waals surface area contributed by atoms with Gasteiger partial charge in [0.05, 0.1) is 4.91 Å². The highest BCUT2D eigenvalue weighted by Crippen LogP contribution is 2.24. The van der Waals surface area contributed by atoms with Gasteiger partial charge < -0.3 is 25.7 Å². The molecular formula is C20H27N3O5S. The fourth-order valence-corrected chi connectivity index (χ4v) is 3.60. The molecule has 9 heteroatoms. The number of aliphatic hydroxyl groups is 2. The van der Waals surface area contributed by atoms with Gasteiger partial charge in [-0.2, -0.15) is 0 Å². The van der Waals surface area contributed by atoms with Crippen molar-refractivity contribution in [2.45, 2.75) is 31.6 Å². The number of aliphatic hydroxyl groups excluding tert-OH is 2. The van der Waals surface area contributed by atoms with Crippen molar-refractivity contribution in [3.8, 4) is 0 Å². The maximum absolute atomic E-state index is 12.3. The molecule has 29 heavy (non-hydrogen) atoms. The van der Waals surface area contributed by atoms with Crippen LogP contribution in [-0.4, -0.2) is 70.9 Å². The van der Waals surface area contributed by atoms with Crippen LogP contribution in [0, 0.1) is 0 Å². The number of rotatable bonds is 10. The van der Waals surface area contributed by atoms with E-state index in [1.54, 1.807) is 0 Å². The standard InChI is InChI=1S/C20H27N3O5S/c1-23(13-14-7-3-2-4-8-14)20(28)17(25)16(24)19(27)22-11-6-10-21-18(26)15-9-5-12-29-15/h2-4,7-9,16-17,24-25H,5-6,10-13H2,1H3,(H,21,26)(H,22,27)/t16-,17-/m1/s1. The molecule has 0 saturated carbocycles. The summed E-state index contributed by atoms with van der Waals surface area (Å²) < 4.78 is 0. The zero-order valence-corrected chi connectivity index (χ0v) is 17.2. The van der Waals surface area contributed by atoms with Crippen molar-refractivity contribution >= 4 is 29.5 Å². The van der Waals surface area contributed by atoms with Gasteiger partial charge in [-0.15, -0.1) is 11.8 Å². The molecular weight excluding hydrogens is 394 g/mol. The van der Waals surface area contributed by atoms with Crippen molar-refractivity contribution in [3.05, 3.63) is 46.9 Å². The first-order valence-electron chi connectivity index (χ1n) is 9.44. The number of benzene rings is 1. The van der Waals surface area contributed by atoms with E-state index in [-0.39, 0.29) is 19.0 Å². The summed E-state index contributed by atoms with van der Waals surface area (Å²) in [6, 6.07) is 9.18. The largest absolute Gasteiger partial charge is 0.380 e. The zero-order chi connectivity index (χ0) is 21.2. The van der Waals surface area contributed by atoms with Crippen molar-refractivity contribution in [2.75, 3.05) is 25.9 Å². The number of nitrogens with zero attached hydrogens (tertiary/aromatic N) is 1. The predicted molar refractivity (Wildman–Crippen MR) is 111 cm³/mol. The van der Waals surface area contributed by atoms with Crippen LogP contribution in [0.5, 0.6) is 0 Å². The third-order valence-electron chi connectivity index (χ3n) is 4.33. The first-order valence-corrected chi connectivity index (χ1v) is 10.4. The molecule has 4 N–H and O–H groups in total. The summed E-state index contributed by atoms with van der Waals surface area (Å²) in [4.78, 5) is 38.0. The van der Waals surface area contributed by atoms with Crippen molar-refractivity contribution in [2.24, 2.45) is 0 Å². The summed E-state index contributed by atoms with van der Waals surface area (Å²) in [6.07, 6.45) is -0.473. The molecule has 3 amide bonds. The molecule has 1 heterocycles. The second-order valence-corrected chi connectivity index (χ2v) is 7.81. The lowest BCUT2D eigenvalue weighted by atomic mass is 10.1. The van der Waals surface area contributed by atoms with Crippen LogP contribution in [0.2, 0.25) is 0 Å². The maximum Gasteiger partial charge on any atom is 0.257 e. The molecule has 0 unspecified atom stereocenters. The van der Waals surface area contributed by atoms with Crippen LogP contribution in [0.1, 0.15) is 18.4 Å². The molecule has 0 saturated heterocycles. The Morgan fingerprint density at radius 2 is 1.79 bits per heavy atom. The van der Waals surface area contributed by atoms with Gasteiger partial charge >= 0.3 is 0 Å². The minimum atomic E-state index is -1.87. The second kappa shape index (κ2) is 11.6. The fraction of sp³-hybridized carbons (Fsp3) is 0.450. The number of hydrogen-bond donors (Lipinski definition) is 4. The molecule has 1 aliphatic rings. The quantitative estimate of drug-likeness (QED) is 0.395. The molecule has 0 aliphatic carbocycles. The van der Waals surface area contributed by atoms with Crippen LogP contribution in [-0.2, 0) is 20.9 Å². The highest BCUT2D eigenvalue weighted by molar-refractivity contribution is 8.04. The van der Waals surface area contributed by atoms with E-state index in [0.717, 1.165) is 17.7 Å². The van der Waals surface area contributed by atoms with Gasteiger partial charge in [-0.3, -0.25) is 14.4 Å². The van der Waals surface area contributed by atoms with Crippen molar-refractivity contribution in [1.82, 2.24) is 15.5 Å². The van der Waals surface area contributed by atoms with Crippen LogP contribution in [0.15, 0.2) is 41.3 Å². The average Bonchev–Trinajstić information content (AvgIpc) is 3.27. The second-order valence-electron chi connectivity index (χ2n) is 6.68. The van der Waals surface area contributed by atoms with Crippen molar-refractivity contribution in [3.63, 3.8) is 0 Å². The molecule has 0 spiro atoms. The van der Waals surface area contributed by atoms with E-state index in [2.05, 4.69) is 10.6 Å². The molecule has 1 aliphatic heterocycles. The van der Waals surface area contributed by atoms with E-state index in [4.69, 9.17) is 0 Å². The lowest BCUT2D eigenvalue weighted by Gasteiger charge is -2.23. The van der Waals surface area contributed by atoms with Gasteiger partial charge in [-0.1, -0.05) is 36.4 Å². The molecule has 0 aromatic heterocycles. The highest BCUT2D eigenvalue weighted by atomic mass is 32.2. The van der Waals surface area contributed by atoms with Gasteiger partial charge in [-0.05, 0) is 18.4 Å². The number of amides is 3. The van der Waals surface area contributed by atoms with Crippen LogP contribution in [0.3, 0.4) is 0 Å². The molecule has 1 aromatic carbocycles. The van der Waals surface area contributed by atoms with Crippen molar-refractivity contribution < 1.29 is 24.6 Å². The third kappa shape index (κ3) is 7.19. The van der Waals surface area contributed by atoms with Crippen LogP contribution in [0.25, 0.3) is 0 Å². The number of carbonyl (C=O) groups is 3. The number of thioether (sulfide) groups is 1. The fourth-order valence-electron chi connectivity index (χ4n) is 2.71. The Morgan fingerprint density at radius 1 is 1.10 bits per heavy atom. The van der Waals surface area contributed by atoms with Gasteiger partial charge in [0, 0.05) is 32.4 Å². The lowest BCUT2D eigenvalue weighted by Crippen LogP contribution is -2.50. The van der Waals surface area contributed by atoms with E-state index in [0.29, 0.717) is 17.9 Å². The number of allylic oxidation sites excluding steroid dienone is 1.